The van der Waals surface area contributed by atoms with E-state index < -0.39 is 10.0 Å². The number of hydrogen-bond acceptors (Lipinski definition) is 5. The predicted molar refractivity (Wildman–Crippen MR) is 112 cm³/mol. The lowest BCUT2D eigenvalue weighted by molar-refractivity contribution is -0.118. The summed E-state index contributed by atoms with van der Waals surface area (Å²) in [6.45, 7) is 0.147. The van der Waals surface area contributed by atoms with Crippen molar-refractivity contribution in [1.82, 2.24) is 14.6 Å². The number of nitrogens with zero attached hydrogens (tertiary/aromatic N) is 2. The summed E-state index contributed by atoms with van der Waals surface area (Å²) in [6, 6.07) is 18.3. The second-order valence-electron chi connectivity index (χ2n) is 6.30. The lowest BCUT2D eigenvalue weighted by Crippen LogP contribution is -2.28. The average Bonchev–Trinajstić information content (AvgIpc) is 2.70. The van der Waals surface area contributed by atoms with Crippen LogP contribution >= 0.6 is 11.8 Å². The molecule has 0 aliphatic carbocycles. The van der Waals surface area contributed by atoms with Crippen molar-refractivity contribution >= 4 is 38.6 Å². The number of thioether (sulfide) groups is 1. The molecule has 3 rings (SSSR count). The molecule has 0 spiro atoms. The number of hydrogen-bond donors (Lipinski definition) is 1. The first-order chi connectivity index (χ1) is 13.4. The average molecular weight is 416 g/mol. The molecule has 0 radical (unpaired) electrons. The van der Waals surface area contributed by atoms with Crippen LogP contribution in [-0.2, 0) is 21.4 Å². The van der Waals surface area contributed by atoms with Crippen molar-refractivity contribution in [3.63, 3.8) is 0 Å². The second-order valence-corrected chi connectivity index (χ2v) is 9.42. The molecule has 1 aromatic heterocycles. The molecule has 0 saturated carbocycles. The summed E-state index contributed by atoms with van der Waals surface area (Å²) < 4.78 is 26.0. The van der Waals surface area contributed by atoms with Gasteiger partial charge >= 0.3 is 0 Å². The number of amides is 1. The number of sulfonamides is 1. The highest BCUT2D eigenvalue weighted by atomic mass is 32.2. The molecule has 3 aromatic rings. The fourth-order valence-electron chi connectivity index (χ4n) is 2.61. The maximum atomic E-state index is 12.4. The highest BCUT2D eigenvalue weighted by Crippen LogP contribution is 2.20. The maximum absolute atomic E-state index is 12.4. The summed E-state index contributed by atoms with van der Waals surface area (Å²) >= 11 is 1.34. The molecular weight excluding hydrogens is 394 g/mol. The smallest absolute Gasteiger partial charge is 0.242 e. The highest BCUT2D eigenvalue weighted by molar-refractivity contribution is 7.99. The number of rotatable bonds is 7. The van der Waals surface area contributed by atoms with Crippen molar-refractivity contribution in [1.29, 1.82) is 0 Å². The lowest BCUT2D eigenvalue weighted by Gasteiger charge is -2.15. The van der Waals surface area contributed by atoms with E-state index in [0.717, 1.165) is 20.2 Å². The first kappa shape index (κ1) is 20.3. The Morgan fingerprint density at radius 1 is 1.04 bits per heavy atom. The molecule has 146 valence electrons. The number of benzene rings is 2. The Labute approximate surface area is 169 Å². The summed E-state index contributed by atoms with van der Waals surface area (Å²) in [5.41, 5.74) is 1.44. The predicted octanol–water partition coefficient (Wildman–Crippen LogP) is 2.89. The van der Waals surface area contributed by atoms with Crippen molar-refractivity contribution in [2.24, 2.45) is 0 Å². The minimum absolute atomic E-state index is 0.147. The molecule has 1 N–H and O–H groups in total. The molecule has 2 aromatic carbocycles. The molecule has 0 aliphatic rings. The Morgan fingerprint density at radius 3 is 2.54 bits per heavy atom. The molecule has 0 unspecified atom stereocenters. The Bertz CT molecular complexity index is 1100. The maximum Gasteiger partial charge on any atom is 0.242 e. The van der Waals surface area contributed by atoms with Crippen LogP contribution in [0.15, 0.2) is 70.6 Å². The van der Waals surface area contributed by atoms with Gasteiger partial charge < -0.3 is 5.32 Å². The van der Waals surface area contributed by atoms with Gasteiger partial charge in [0.25, 0.3) is 0 Å². The van der Waals surface area contributed by atoms with Gasteiger partial charge in [0.05, 0.1) is 21.2 Å². The van der Waals surface area contributed by atoms with Gasteiger partial charge in [0.1, 0.15) is 0 Å². The van der Waals surface area contributed by atoms with Gasteiger partial charge in [-0.1, -0.05) is 54.2 Å². The summed E-state index contributed by atoms with van der Waals surface area (Å²) in [6.07, 6.45) is 0. The van der Waals surface area contributed by atoms with E-state index >= 15 is 0 Å². The van der Waals surface area contributed by atoms with Crippen LogP contribution in [0.2, 0.25) is 0 Å². The van der Waals surface area contributed by atoms with Gasteiger partial charge in [0.2, 0.25) is 15.9 Å². The van der Waals surface area contributed by atoms with Gasteiger partial charge in [-0.15, -0.1) is 0 Å². The van der Waals surface area contributed by atoms with E-state index in [0.29, 0.717) is 5.56 Å². The minimum atomic E-state index is -3.56. The fourth-order valence-corrected chi connectivity index (χ4v) is 4.43. The Balaban J connectivity index is 1.62. The first-order valence-corrected chi connectivity index (χ1v) is 11.1. The second kappa shape index (κ2) is 8.72. The number of carbonyl (C=O) groups excluding carboxylic acids is 1. The van der Waals surface area contributed by atoms with Gasteiger partial charge in [0.15, 0.2) is 0 Å². The van der Waals surface area contributed by atoms with Gasteiger partial charge in [-0.2, -0.15) is 0 Å². The van der Waals surface area contributed by atoms with E-state index in [-0.39, 0.29) is 23.1 Å². The highest BCUT2D eigenvalue weighted by Gasteiger charge is 2.20. The van der Waals surface area contributed by atoms with Crippen LogP contribution in [0, 0.1) is 0 Å². The number of carbonyl (C=O) groups is 1. The van der Waals surface area contributed by atoms with Crippen LogP contribution < -0.4 is 5.32 Å². The molecule has 0 fully saturated rings. The van der Waals surface area contributed by atoms with Gasteiger partial charge in [0, 0.05) is 26.0 Å². The molecule has 8 heteroatoms. The van der Waals surface area contributed by atoms with Crippen molar-refractivity contribution in [3.05, 3.63) is 66.2 Å². The van der Waals surface area contributed by atoms with Gasteiger partial charge in [-0.3, -0.25) is 4.79 Å². The summed E-state index contributed by atoms with van der Waals surface area (Å²) in [5.74, 6) is 0.0190. The monoisotopic (exact) mass is 415 g/mol. The Hall–Kier alpha value is -2.42. The van der Waals surface area contributed by atoms with E-state index in [4.69, 9.17) is 0 Å². The Morgan fingerprint density at radius 2 is 1.75 bits per heavy atom. The minimum Gasteiger partial charge on any atom is -0.351 e. The first-order valence-electron chi connectivity index (χ1n) is 8.63. The number of para-hydroxylation sites is 1. The lowest BCUT2D eigenvalue weighted by atomic mass is 10.2. The fraction of sp³-hybridized carbons (Fsp3) is 0.200. The van der Waals surface area contributed by atoms with Crippen molar-refractivity contribution in [2.75, 3.05) is 19.8 Å². The van der Waals surface area contributed by atoms with Crippen LogP contribution in [0.5, 0.6) is 0 Å². The van der Waals surface area contributed by atoms with Crippen molar-refractivity contribution < 1.29 is 13.2 Å². The molecular formula is C20H21N3O3S2. The topological polar surface area (TPSA) is 79.4 Å². The third-order valence-electron chi connectivity index (χ3n) is 4.13. The zero-order valence-corrected chi connectivity index (χ0v) is 17.3. The molecule has 0 saturated heterocycles. The van der Waals surface area contributed by atoms with E-state index in [1.165, 1.54) is 25.9 Å². The summed E-state index contributed by atoms with van der Waals surface area (Å²) in [4.78, 5) is 17.0. The van der Waals surface area contributed by atoms with E-state index in [1.807, 2.05) is 36.4 Å². The standard InChI is InChI=1S/C20H21N3O3S2/c1-23(2)28(25,26)18-10-6-4-8-16(18)13-21-19(24)14-27-20-12-11-15-7-3-5-9-17(15)22-20/h3-12H,13-14H2,1-2H3,(H,21,24). The van der Waals surface area contributed by atoms with Crippen molar-refractivity contribution in [2.45, 2.75) is 16.5 Å². The van der Waals surface area contributed by atoms with Crippen LogP contribution in [-0.4, -0.2) is 43.5 Å². The van der Waals surface area contributed by atoms with Crippen LogP contribution in [0.1, 0.15) is 5.56 Å². The van der Waals surface area contributed by atoms with Crippen molar-refractivity contribution in [3.8, 4) is 0 Å². The number of fused-ring (bicyclic) bond motifs is 1. The van der Waals surface area contributed by atoms with Gasteiger partial charge in [-0.25, -0.2) is 17.7 Å². The molecule has 6 nitrogen and oxygen atoms in total. The molecule has 1 heterocycles. The van der Waals surface area contributed by atoms with E-state index in [9.17, 15) is 13.2 Å². The number of pyridine rings is 1. The zero-order valence-electron chi connectivity index (χ0n) is 15.6. The Kier molecular flexibility index (Phi) is 6.33. The number of aromatic nitrogens is 1. The molecule has 0 aliphatic heterocycles. The number of nitrogens with one attached hydrogen (secondary N) is 1. The molecule has 0 atom stereocenters. The van der Waals surface area contributed by atoms with Crippen LogP contribution in [0.25, 0.3) is 10.9 Å². The SMILES string of the molecule is CN(C)S(=O)(=O)c1ccccc1CNC(=O)CSc1ccc2ccccc2n1. The summed E-state index contributed by atoms with van der Waals surface area (Å²) in [7, 11) is -0.597. The molecule has 0 bridgehead atoms. The van der Waals surface area contributed by atoms with E-state index in [2.05, 4.69) is 10.3 Å². The molecule has 28 heavy (non-hydrogen) atoms. The quantitative estimate of drug-likeness (QED) is 0.600. The van der Waals surface area contributed by atoms with Crippen LogP contribution in [0.3, 0.4) is 0 Å². The normalized spacial score (nSPS) is 11.7. The van der Waals surface area contributed by atoms with Crippen LogP contribution in [0.4, 0.5) is 0 Å². The molecule has 1 amide bonds. The third-order valence-corrected chi connectivity index (χ3v) is 6.98. The largest absolute Gasteiger partial charge is 0.351 e. The van der Waals surface area contributed by atoms with Gasteiger partial charge in [-0.05, 0) is 23.8 Å². The summed E-state index contributed by atoms with van der Waals surface area (Å²) in [5, 5.41) is 4.61. The van der Waals surface area contributed by atoms with E-state index in [1.54, 1.807) is 24.3 Å². The zero-order chi connectivity index (χ0) is 20.1. The third kappa shape index (κ3) is 4.70.